The summed E-state index contributed by atoms with van der Waals surface area (Å²) < 4.78 is 10.4. The molecule has 0 spiro atoms. The summed E-state index contributed by atoms with van der Waals surface area (Å²) in [7, 11) is 0. The van der Waals surface area contributed by atoms with Crippen molar-refractivity contribution in [2.24, 2.45) is 0 Å². The molecular formula is C23H24N4O5. The summed E-state index contributed by atoms with van der Waals surface area (Å²) in [6.07, 6.45) is 3.92. The van der Waals surface area contributed by atoms with E-state index in [9.17, 15) is 14.4 Å². The number of benzene rings is 1. The predicted molar refractivity (Wildman–Crippen MR) is 116 cm³/mol. The molecule has 4 rings (SSSR count). The highest BCUT2D eigenvalue weighted by molar-refractivity contribution is 6.05. The number of rotatable bonds is 5. The molecule has 2 aromatic heterocycles. The van der Waals surface area contributed by atoms with Crippen molar-refractivity contribution in [3.63, 3.8) is 0 Å². The number of hydrogen-bond donors (Lipinski definition) is 2. The minimum Gasteiger partial charge on any atom is -0.452 e. The first-order valence-electron chi connectivity index (χ1n) is 10.5. The number of nitrogens with zero attached hydrogens (tertiary/aromatic N) is 2. The molecule has 1 aromatic carbocycles. The lowest BCUT2D eigenvalue weighted by atomic mass is 10.0. The normalized spacial score (nSPS) is 13.8. The van der Waals surface area contributed by atoms with Gasteiger partial charge in [0.25, 0.3) is 11.6 Å². The van der Waals surface area contributed by atoms with E-state index in [1.165, 1.54) is 0 Å². The highest BCUT2D eigenvalue weighted by Crippen LogP contribution is 2.27. The lowest BCUT2D eigenvalue weighted by Crippen LogP contribution is -2.45. The minimum atomic E-state index is -0.733. The molecule has 2 N–H and O–H groups in total. The molecule has 1 aliphatic carbocycles. The molecule has 9 heteroatoms. The number of amides is 3. The number of fused-ring (bicyclic) bond motifs is 1. The van der Waals surface area contributed by atoms with E-state index >= 15 is 0 Å². The molecule has 2 heterocycles. The predicted octanol–water partition coefficient (Wildman–Crippen LogP) is 3.43. The Morgan fingerprint density at radius 1 is 1.12 bits per heavy atom. The maximum Gasteiger partial charge on any atom is 0.339 e. The first kappa shape index (κ1) is 21.5. The summed E-state index contributed by atoms with van der Waals surface area (Å²) in [4.78, 5) is 41.3. The van der Waals surface area contributed by atoms with Gasteiger partial charge in [-0.2, -0.15) is 0 Å². The molecule has 0 aliphatic heterocycles. The van der Waals surface area contributed by atoms with E-state index in [0.717, 1.165) is 36.8 Å². The van der Waals surface area contributed by atoms with Crippen molar-refractivity contribution in [1.82, 2.24) is 20.8 Å². The van der Waals surface area contributed by atoms with Crippen LogP contribution in [0.3, 0.4) is 0 Å². The molecule has 166 valence electrons. The summed E-state index contributed by atoms with van der Waals surface area (Å²) >= 11 is 0. The van der Waals surface area contributed by atoms with E-state index in [0.29, 0.717) is 16.8 Å². The van der Waals surface area contributed by atoms with Gasteiger partial charge in [0, 0.05) is 11.6 Å². The van der Waals surface area contributed by atoms with Crippen LogP contribution in [0.5, 0.6) is 0 Å². The summed E-state index contributed by atoms with van der Waals surface area (Å²) in [6.45, 7) is 3.07. The van der Waals surface area contributed by atoms with Crippen LogP contribution in [0.4, 0.5) is 4.79 Å². The summed E-state index contributed by atoms with van der Waals surface area (Å²) in [6, 6.07) is 8.73. The van der Waals surface area contributed by atoms with Crippen molar-refractivity contribution < 1.29 is 23.6 Å². The van der Waals surface area contributed by atoms with Crippen molar-refractivity contribution >= 4 is 29.0 Å². The maximum absolute atomic E-state index is 12.8. The third kappa shape index (κ3) is 4.77. The van der Waals surface area contributed by atoms with Crippen molar-refractivity contribution in [1.29, 1.82) is 0 Å². The van der Waals surface area contributed by atoms with Gasteiger partial charge in [0.15, 0.2) is 6.61 Å². The zero-order valence-electron chi connectivity index (χ0n) is 17.9. The van der Waals surface area contributed by atoms with Crippen LogP contribution in [-0.4, -0.2) is 40.7 Å². The average Bonchev–Trinajstić information content (AvgIpc) is 3.41. The standard InChI is InChI=1S/C23H24N4O5/c1-13-7-9-15(10-8-13)18-11-17(20-14(2)27-32-21(20)25-18)22(29)31-12-19(28)26-23(30)24-16-5-3-4-6-16/h7-11,16H,3-6,12H2,1-2H3,(H2,24,26,28,30). The first-order chi connectivity index (χ1) is 15.4. The van der Waals surface area contributed by atoms with E-state index in [-0.39, 0.29) is 17.3 Å². The van der Waals surface area contributed by atoms with Crippen molar-refractivity contribution in [3.05, 3.63) is 47.2 Å². The lowest BCUT2D eigenvalue weighted by molar-refractivity contribution is -0.123. The van der Waals surface area contributed by atoms with Crippen LogP contribution in [0.15, 0.2) is 34.9 Å². The van der Waals surface area contributed by atoms with Gasteiger partial charge in [0.05, 0.1) is 22.3 Å². The Hall–Kier alpha value is -3.75. The van der Waals surface area contributed by atoms with E-state index in [1.807, 2.05) is 31.2 Å². The molecule has 0 unspecified atom stereocenters. The van der Waals surface area contributed by atoms with Crippen LogP contribution >= 0.6 is 0 Å². The van der Waals surface area contributed by atoms with E-state index in [1.54, 1.807) is 13.0 Å². The second-order valence-electron chi connectivity index (χ2n) is 7.95. The fourth-order valence-corrected chi connectivity index (χ4v) is 3.79. The van der Waals surface area contributed by atoms with Crippen molar-refractivity contribution in [3.8, 4) is 11.3 Å². The molecule has 0 radical (unpaired) electrons. The van der Waals surface area contributed by atoms with Crippen LogP contribution in [0.1, 0.15) is 47.3 Å². The Morgan fingerprint density at radius 2 is 1.84 bits per heavy atom. The number of ether oxygens (including phenoxy) is 1. The molecule has 9 nitrogen and oxygen atoms in total. The quantitative estimate of drug-likeness (QED) is 0.587. The molecule has 3 aromatic rings. The second-order valence-corrected chi connectivity index (χ2v) is 7.95. The Labute approximate surface area is 184 Å². The fraction of sp³-hybridized carbons (Fsp3) is 0.348. The SMILES string of the molecule is Cc1ccc(-c2cc(C(=O)OCC(=O)NC(=O)NC3CCCC3)c3c(C)noc3n2)cc1. The van der Waals surface area contributed by atoms with Gasteiger partial charge < -0.3 is 14.6 Å². The Kier molecular flexibility index (Phi) is 6.16. The number of carbonyl (C=O) groups is 3. The van der Waals surface area contributed by atoms with Gasteiger partial charge in [0.1, 0.15) is 0 Å². The second kappa shape index (κ2) is 9.17. The molecular weight excluding hydrogens is 412 g/mol. The van der Waals surface area contributed by atoms with Crippen molar-refractivity contribution in [2.45, 2.75) is 45.6 Å². The Balaban J connectivity index is 1.47. The summed E-state index contributed by atoms with van der Waals surface area (Å²) in [5, 5.41) is 9.25. The molecule has 0 bridgehead atoms. The van der Waals surface area contributed by atoms with Crippen LogP contribution in [0.2, 0.25) is 0 Å². The van der Waals surface area contributed by atoms with Crippen molar-refractivity contribution in [2.75, 3.05) is 6.61 Å². The average molecular weight is 436 g/mol. The number of hydrogen-bond acceptors (Lipinski definition) is 7. The van der Waals surface area contributed by atoms with Gasteiger partial charge in [0.2, 0.25) is 0 Å². The Morgan fingerprint density at radius 3 is 2.56 bits per heavy atom. The zero-order valence-corrected chi connectivity index (χ0v) is 17.9. The van der Waals surface area contributed by atoms with Gasteiger partial charge in [-0.15, -0.1) is 0 Å². The topological polar surface area (TPSA) is 123 Å². The lowest BCUT2D eigenvalue weighted by Gasteiger charge is -2.12. The smallest absolute Gasteiger partial charge is 0.339 e. The monoisotopic (exact) mass is 436 g/mol. The van der Waals surface area contributed by atoms with Crippen LogP contribution < -0.4 is 10.6 Å². The maximum atomic E-state index is 12.8. The molecule has 1 aliphatic rings. The van der Waals surface area contributed by atoms with Crippen LogP contribution in [-0.2, 0) is 9.53 Å². The third-order valence-electron chi connectivity index (χ3n) is 5.46. The summed E-state index contributed by atoms with van der Waals surface area (Å²) in [5.41, 5.74) is 3.27. The largest absolute Gasteiger partial charge is 0.452 e. The molecule has 0 saturated heterocycles. The van der Waals surface area contributed by atoms with Gasteiger partial charge >= 0.3 is 12.0 Å². The highest BCUT2D eigenvalue weighted by Gasteiger charge is 2.22. The van der Waals surface area contributed by atoms with Crippen LogP contribution in [0.25, 0.3) is 22.4 Å². The fourth-order valence-electron chi connectivity index (χ4n) is 3.79. The number of aryl methyl sites for hydroxylation is 2. The number of urea groups is 1. The van der Waals surface area contributed by atoms with E-state index in [4.69, 9.17) is 9.26 Å². The number of esters is 1. The van der Waals surface area contributed by atoms with Crippen LogP contribution in [0, 0.1) is 13.8 Å². The number of nitrogens with one attached hydrogen (secondary N) is 2. The molecule has 1 saturated carbocycles. The Bertz CT molecular complexity index is 1160. The van der Waals surface area contributed by atoms with E-state index < -0.39 is 24.5 Å². The number of carbonyl (C=O) groups excluding carboxylic acids is 3. The van der Waals surface area contributed by atoms with E-state index in [2.05, 4.69) is 20.8 Å². The van der Waals surface area contributed by atoms with Gasteiger partial charge in [-0.3, -0.25) is 10.1 Å². The first-order valence-corrected chi connectivity index (χ1v) is 10.5. The molecule has 0 atom stereocenters. The van der Waals surface area contributed by atoms with Gasteiger partial charge in [-0.1, -0.05) is 47.8 Å². The molecule has 1 fully saturated rings. The van der Waals surface area contributed by atoms with Gasteiger partial charge in [-0.05, 0) is 32.8 Å². The number of aromatic nitrogens is 2. The highest BCUT2D eigenvalue weighted by atomic mass is 16.5. The summed E-state index contributed by atoms with van der Waals surface area (Å²) in [5.74, 6) is -1.44. The third-order valence-corrected chi connectivity index (χ3v) is 5.46. The number of imide groups is 1. The molecule has 32 heavy (non-hydrogen) atoms. The zero-order chi connectivity index (χ0) is 22.7. The molecule has 3 amide bonds. The number of pyridine rings is 1. The minimum absolute atomic E-state index is 0.0761. The van der Waals surface area contributed by atoms with Gasteiger partial charge in [-0.25, -0.2) is 14.6 Å².